The van der Waals surface area contributed by atoms with Gasteiger partial charge in [0.1, 0.15) is 0 Å². The van der Waals surface area contributed by atoms with E-state index in [2.05, 4.69) is 32.5 Å². The Balaban J connectivity index is 1.35. The second-order valence-electron chi connectivity index (χ2n) is 7.08. The van der Waals surface area contributed by atoms with Crippen molar-refractivity contribution in [1.82, 2.24) is 20.4 Å². The van der Waals surface area contributed by atoms with Gasteiger partial charge in [0.15, 0.2) is 0 Å². The lowest BCUT2D eigenvalue weighted by atomic mass is 9.85. The molecule has 2 aromatic rings. The summed E-state index contributed by atoms with van der Waals surface area (Å²) in [5.41, 5.74) is 4.49. The van der Waals surface area contributed by atoms with Crippen molar-refractivity contribution >= 4 is 5.91 Å². The summed E-state index contributed by atoms with van der Waals surface area (Å²) in [5.74, 6) is 0.205. The van der Waals surface area contributed by atoms with Crippen LogP contribution in [0, 0.1) is 5.92 Å². The summed E-state index contributed by atoms with van der Waals surface area (Å²) >= 11 is 0. The van der Waals surface area contributed by atoms with E-state index >= 15 is 0 Å². The summed E-state index contributed by atoms with van der Waals surface area (Å²) < 4.78 is 5.36. The van der Waals surface area contributed by atoms with Crippen molar-refractivity contribution < 1.29 is 9.53 Å². The van der Waals surface area contributed by atoms with Crippen LogP contribution in [0.1, 0.15) is 17.7 Å². The van der Waals surface area contributed by atoms with Crippen molar-refractivity contribution in [3.05, 3.63) is 41.6 Å². The monoisotopic (exact) mass is 354 g/mol. The van der Waals surface area contributed by atoms with E-state index in [0.29, 0.717) is 6.54 Å². The SMILES string of the molecule is O=C(NCCN1CCOCC1)[C@@H]1CCc2[nH]nc(-c3ccccc3)c2C1. The van der Waals surface area contributed by atoms with E-state index in [1.54, 1.807) is 0 Å². The molecule has 1 aliphatic carbocycles. The number of ether oxygens (including phenoxy) is 1. The molecule has 138 valence electrons. The third-order valence-corrected chi connectivity index (χ3v) is 5.40. The van der Waals surface area contributed by atoms with Gasteiger partial charge in [0.25, 0.3) is 0 Å². The highest BCUT2D eigenvalue weighted by Gasteiger charge is 2.28. The van der Waals surface area contributed by atoms with Gasteiger partial charge < -0.3 is 10.1 Å². The van der Waals surface area contributed by atoms with Crippen molar-refractivity contribution in [2.24, 2.45) is 5.92 Å². The molecule has 6 heteroatoms. The van der Waals surface area contributed by atoms with Crippen LogP contribution >= 0.6 is 0 Å². The molecule has 0 bridgehead atoms. The van der Waals surface area contributed by atoms with Crippen LogP contribution in [0.3, 0.4) is 0 Å². The third kappa shape index (κ3) is 3.81. The summed E-state index contributed by atoms with van der Waals surface area (Å²) in [5, 5.41) is 10.8. The Labute approximate surface area is 153 Å². The second-order valence-corrected chi connectivity index (χ2v) is 7.08. The number of carbonyl (C=O) groups excluding carboxylic acids is 1. The molecule has 1 aromatic carbocycles. The molecule has 1 aliphatic heterocycles. The first-order valence-electron chi connectivity index (χ1n) is 9.50. The molecule has 26 heavy (non-hydrogen) atoms. The first-order valence-corrected chi connectivity index (χ1v) is 9.50. The number of rotatable bonds is 5. The van der Waals surface area contributed by atoms with Gasteiger partial charge in [0.2, 0.25) is 5.91 Å². The Bertz CT molecular complexity index is 738. The third-order valence-electron chi connectivity index (χ3n) is 5.40. The van der Waals surface area contributed by atoms with Crippen LogP contribution in [-0.4, -0.2) is 60.4 Å². The standard InChI is InChI=1S/C20H26N4O2/c25-20(21-8-9-24-10-12-26-13-11-24)16-6-7-18-17(14-16)19(23-22-18)15-4-2-1-3-5-15/h1-5,16H,6-14H2,(H,21,25)(H,22,23)/t16-/m1/s1. The van der Waals surface area contributed by atoms with Gasteiger partial charge in [-0.3, -0.25) is 14.8 Å². The lowest BCUT2D eigenvalue weighted by Crippen LogP contribution is -2.43. The summed E-state index contributed by atoms with van der Waals surface area (Å²) in [6.45, 7) is 5.10. The number of H-pyrrole nitrogens is 1. The van der Waals surface area contributed by atoms with Crippen LogP contribution in [0.4, 0.5) is 0 Å². The fraction of sp³-hybridized carbons (Fsp3) is 0.500. The van der Waals surface area contributed by atoms with Crippen LogP contribution in [0.5, 0.6) is 0 Å². The molecule has 1 atom stereocenters. The van der Waals surface area contributed by atoms with E-state index in [9.17, 15) is 4.79 Å². The zero-order chi connectivity index (χ0) is 17.8. The molecule has 1 saturated heterocycles. The van der Waals surface area contributed by atoms with Crippen molar-refractivity contribution in [3.63, 3.8) is 0 Å². The molecule has 2 N–H and O–H groups in total. The first-order chi connectivity index (χ1) is 12.8. The maximum Gasteiger partial charge on any atom is 0.223 e. The normalized spacial score (nSPS) is 20.5. The van der Waals surface area contributed by atoms with Crippen LogP contribution in [0.25, 0.3) is 11.3 Å². The predicted molar refractivity (Wildman–Crippen MR) is 99.8 cm³/mol. The molecule has 2 heterocycles. The van der Waals surface area contributed by atoms with E-state index in [4.69, 9.17) is 4.74 Å². The lowest BCUT2D eigenvalue weighted by Gasteiger charge is -2.27. The summed E-state index contributed by atoms with van der Waals surface area (Å²) in [7, 11) is 0. The highest BCUT2D eigenvalue weighted by Crippen LogP contribution is 2.32. The van der Waals surface area contributed by atoms with Gasteiger partial charge in [0.05, 0.1) is 18.9 Å². The van der Waals surface area contributed by atoms with Crippen molar-refractivity contribution in [2.45, 2.75) is 19.3 Å². The van der Waals surface area contributed by atoms with E-state index in [1.807, 2.05) is 18.2 Å². The van der Waals surface area contributed by atoms with E-state index in [1.165, 1.54) is 11.3 Å². The number of aryl methyl sites for hydroxylation is 1. The first kappa shape index (κ1) is 17.2. The van der Waals surface area contributed by atoms with Gasteiger partial charge in [-0.2, -0.15) is 5.10 Å². The molecule has 0 radical (unpaired) electrons. The number of fused-ring (bicyclic) bond motifs is 1. The Morgan fingerprint density at radius 2 is 2.08 bits per heavy atom. The van der Waals surface area contributed by atoms with Gasteiger partial charge >= 0.3 is 0 Å². The smallest absolute Gasteiger partial charge is 0.223 e. The fourth-order valence-electron chi connectivity index (χ4n) is 3.86. The van der Waals surface area contributed by atoms with Crippen molar-refractivity contribution in [3.8, 4) is 11.3 Å². The molecule has 0 saturated carbocycles. The lowest BCUT2D eigenvalue weighted by molar-refractivity contribution is -0.125. The average molecular weight is 354 g/mol. The van der Waals surface area contributed by atoms with Gasteiger partial charge in [-0.25, -0.2) is 0 Å². The van der Waals surface area contributed by atoms with Crippen LogP contribution < -0.4 is 5.32 Å². The van der Waals surface area contributed by atoms with Gasteiger partial charge in [-0.1, -0.05) is 30.3 Å². The zero-order valence-corrected chi connectivity index (χ0v) is 15.0. The number of hydrogen-bond donors (Lipinski definition) is 2. The summed E-state index contributed by atoms with van der Waals surface area (Å²) in [6, 6.07) is 10.2. The quantitative estimate of drug-likeness (QED) is 0.856. The minimum Gasteiger partial charge on any atom is -0.379 e. The molecule has 1 amide bonds. The highest BCUT2D eigenvalue weighted by molar-refractivity contribution is 5.80. The molecular weight excluding hydrogens is 328 g/mol. The number of nitrogens with one attached hydrogen (secondary N) is 2. The van der Waals surface area contributed by atoms with E-state index in [-0.39, 0.29) is 11.8 Å². The minimum atomic E-state index is 0.0345. The molecular formula is C20H26N4O2. The molecule has 0 unspecified atom stereocenters. The molecule has 2 aliphatic rings. The largest absolute Gasteiger partial charge is 0.379 e. The summed E-state index contributed by atoms with van der Waals surface area (Å²) in [4.78, 5) is 15.0. The average Bonchev–Trinajstić information content (AvgIpc) is 3.12. The highest BCUT2D eigenvalue weighted by atomic mass is 16.5. The maximum atomic E-state index is 12.6. The minimum absolute atomic E-state index is 0.0345. The Morgan fingerprint density at radius 3 is 2.88 bits per heavy atom. The molecule has 1 fully saturated rings. The topological polar surface area (TPSA) is 70.2 Å². The van der Waals surface area contributed by atoms with E-state index in [0.717, 1.165) is 63.4 Å². The predicted octanol–water partition coefficient (Wildman–Crippen LogP) is 1.63. The molecule has 4 rings (SSSR count). The van der Waals surface area contributed by atoms with Crippen LogP contribution in [-0.2, 0) is 22.4 Å². The number of aromatic amines is 1. The van der Waals surface area contributed by atoms with Crippen molar-refractivity contribution in [1.29, 1.82) is 0 Å². The Morgan fingerprint density at radius 1 is 1.27 bits per heavy atom. The van der Waals surface area contributed by atoms with E-state index < -0.39 is 0 Å². The Hall–Kier alpha value is -2.18. The molecule has 0 spiro atoms. The number of morpholine rings is 1. The van der Waals surface area contributed by atoms with Crippen LogP contribution in [0.15, 0.2) is 30.3 Å². The number of benzene rings is 1. The number of amides is 1. The zero-order valence-electron chi connectivity index (χ0n) is 15.0. The van der Waals surface area contributed by atoms with Crippen molar-refractivity contribution in [2.75, 3.05) is 39.4 Å². The molecule has 6 nitrogen and oxygen atoms in total. The maximum absolute atomic E-state index is 12.6. The number of nitrogens with zero attached hydrogens (tertiary/aromatic N) is 2. The van der Waals surface area contributed by atoms with Gasteiger partial charge in [-0.15, -0.1) is 0 Å². The Kier molecular flexibility index (Phi) is 5.32. The fourth-order valence-corrected chi connectivity index (χ4v) is 3.86. The molecule has 1 aromatic heterocycles. The van der Waals surface area contributed by atoms with Gasteiger partial charge in [0, 0.05) is 48.9 Å². The number of hydrogen-bond acceptors (Lipinski definition) is 4. The van der Waals surface area contributed by atoms with Gasteiger partial charge in [-0.05, 0) is 19.3 Å². The number of aromatic nitrogens is 2. The second kappa shape index (κ2) is 8.01. The van der Waals surface area contributed by atoms with Crippen LogP contribution in [0.2, 0.25) is 0 Å². The summed E-state index contributed by atoms with van der Waals surface area (Å²) in [6.07, 6.45) is 2.53. The number of carbonyl (C=O) groups is 1.